The van der Waals surface area contributed by atoms with Crippen molar-refractivity contribution in [3.05, 3.63) is 30.0 Å². The first-order valence-electron chi connectivity index (χ1n) is 13.7. The molecule has 2 fully saturated rings. The van der Waals surface area contributed by atoms with Crippen LogP contribution in [0, 0.1) is 5.92 Å². The lowest BCUT2D eigenvalue weighted by Crippen LogP contribution is -2.61. The molecule has 0 spiro atoms. The second-order valence-electron chi connectivity index (χ2n) is 11.7. The molecular weight excluding hydrogens is 484 g/mol. The van der Waals surface area contributed by atoms with Crippen LogP contribution in [0.15, 0.2) is 24.3 Å². The highest BCUT2D eigenvalue weighted by atomic mass is 16.6. The molecule has 1 saturated heterocycles. The average Bonchev–Trinajstić information content (AvgIpc) is 3.21. The maximum absolute atomic E-state index is 13.8. The Morgan fingerprint density at radius 1 is 1.05 bits per heavy atom. The first-order valence-corrected chi connectivity index (χ1v) is 13.7. The van der Waals surface area contributed by atoms with E-state index in [1.165, 1.54) is 0 Å². The number of carbonyl (C=O) groups excluding carboxylic acids is 3. The van der Waals surface area contributed by atoms with Crippen LogP contribution in [0.3, 0.4) is 0 Å². The van der Waals surface area contributed by atoms with E-state index in [2.05, 4.69) is 5.32 Å². The lowest BCUT2D eigenvalue weighted by molar-refractivity contribution is -0.139. The first kappa shape index (κ1) is 27.8. The maximum atomic E-state index is 13.8. The number of piperazine rings is 1. The van der Waals surface area contributed by atoms with E-state index < -0.39 is 17.7 Å². The number of ether oxygens (including phenoxy) is 2. The average molecular weight is 527 g/mol. The summed E-state index contributed by atoms with van der Waals surface area (Å²) in [7, 11) is 3.51. The summed E-state index contributed by atoms with van der Waals surface area (Å²) in [5, 5.41) is 3.88. The van der Waals surface area contributed by atoms with Crippen molar-refractivity contribution in [2.75, 3.05) is 26.7 Å². The number of amides is 3. The summed E-state index contributed by atoms with van der Waals surface area (Å²) in [4.78, 5) is 43.6. The number of hydrogen-bond donors (Lipinski definition) is 1. The molecule has 1 saturated carbocycles. The number of benzene rings is 1. The molecule has 38 heavy (non-hydrogen) atoms. The van der Waals surface area contributed by atoms with Gasteiger partial charge in [0.1, 0.15) is 23.1 Å². The van der Waals surface area contributed by atoms with Crippen LogP contribution in [-0.2, 0) is 16.6 Å². The van der Waals surface area contributed by atoms with Crippen molar-refractivity contribution >= 4 is 28.8 Å². The number of fused-ring (bicyclic) bond motifs is 1. The number of nitrogens with zero attached hydrogens (tertiary/aromatic N) is 3. The van der Waals surface area contributed by atoms with Gasteiger partial charge in [-0.25, -0.2) is 4.79 Å². The molecule has 0 radical (unpaired) electrons. The third-order valence-corrected chi connectivity index (χ3v) is 7.73. The van der Waals surface area contributed by atoms with Crippen molar-refractivity contribution in [2.24, 2.45) is 13.0 Å². The van der Waals surface area contributed by atoms with Gasteiger partial charge in [0, 0.05) is 44.2 Å². The number of nitrogens with one attached hydrogen (secondary N) is 1. The Labute approximate surface area is 225 Å². The molecule has 2 atom stereocenters. The zero-order chi connectivity index (χ0) is 27.6. The third kappa shape index (κ3) is 6.08. The Kier molecular flexibility index (Phi) is 8.23. The fraction of sp³-hybridized carbons (Fsp3) is 0.621. The summed E-state index contributed by atoms with van der Waals surface area (Å²) < 4.78 is 12.7. The molecule has 1 aliphatic carbocycles. The molecule has 2 heterocycles. The van der Waals surface area contributed by atoms with Gasteiger partial charge < -0.3 is 29.2 Å². The van der Waals surface area contributed by atoms with Crippen molar-refractivity contribution in [3.8, 4) is 5.75 Å². The van der Waals surface area contributed by atoms with Crippen LogP contribution in [0.1, 0.15) is 70.3 Å². The second kappa shape index (κ2) is 11.3. The molecule has 9 nitrogen and oxygen atoms in total. The molecule has 1 aromatic carbocycles. The van der Waals surface area contributed by atoms with Gasteiger partial charge >= 0.3 is 6.09 Å². The normalized spacial score (nSPS) is 19.8. The fourth-order valence-electron chi connectivity index (χ4n) is 5.74. The predicted octanol–water partition coefficient (Wildman–Crippen LogP) is 4.33. The predicted molar refractivity (Wildman–Crippen MR) is 146 cm³/mol. The van der Waals surface area contributed by atoms with E-state index in [1.807, 2.05) is 73.4 Å². The number of methoxy groups -OCH3 is 1. The van der Waals surface area contributed by atoms with Crippen LogP contribution in [0.25, 0.3) is 10.9 Å². The highest BCUT2D eigenvalue weighted by Gasteiger charge is 2.39. The smallest absolute Gasteiger partial charge is 0.408 e. The molecule has 1 N–H and O–H groups in total. The fourth-order valence-corrected chi connectivity index (χ4v) is 5.74. The molecule has 1 aromatic heterocycles. The van der Waals surface area contributed by atoms with Crippen molar-refractivity contribution in [1.82, 2.24) is 19.7 Å². The summed E-state index contributed by atoms with van der Waals surface area (Å²) in [6.07, 6.45) is 4.52. The van der Waals surface area contributed by atoms with Gasteiger partial charge in [0.25, 0.3) is 5.91 Å². The Hall–Kier alpha value is -3.23. The topological polar surface area (TPSA) is 93.1 Å². The molecule has 208 valence electrons. The lowest BCUT2D eigenvalue weighted by Gasteiger charge is -2.42. The monoisotopic (exact) mass is 526 g/mol. The van der Waals surface area contributed by atoms with Crippen molar-refractivity contribution < 1.29 is 23.9 Å². The van der Waals surface area contributed by atoms with Gasteiger partial charge in [-0.2, -0.15) is 0 Å². The molecule has 4 rings (SSSR count). The Balaban J connectivity index is 1.47. The molecule has 2 aliphatic rings. The van der Waals surface area contributed by atoms with Crippen molar-refractivity contribution in [1.29, 1.82) is 0 Å². The molecule has 0 bridgehead atoms. The van der Waals surface area contributed by atoms with Gasteiger partial charge in [0.2, 0.25) is 5.91 Å². The van der Waals surface area contributed by atoms with Gasteiger partial charge in [-0.1, -0.05) is 19.3 Å². The Bertz CT molecular complexity index is 1180. The van der Waals surface area contributed by atoms with Crippen LogP contribution in [0.4, 0.5) is 4.79 Å². The molecule has 9 heteroatoms. The SMILES string of the molecule is COc1ccc2cc(C(=O)N3CCN(C(=O)C(NC(=O)OC(C)(C)C)C4CCCCC4)[C@H](C)C3)n(C)c2c1. The van der Waals surface area contributed by atoms with Crippen molar-refractivity contribution in [2.45, 2.75) is 77.5 Å². The van der Waals surface area contributed by atoms with Gasteiger partial charge in [-0.15, -0.1) is 0 Å². The van der Waals surface area contributed by atoms with Gasteiger partial charge in [0.05, 0.1) is 12.6 Å². The third-order valence-electron chi connectivity index (χ3n) is 7.73. The quantitative estimate of drug-likeness (QED) is 0.626. The van der Waals surface area contributed by atoms with Crippen LogP contribution in [-0.4, -0.2) is 76.7 Å². The molecule has 1 aliphatic heterocycles. The van der Waals surface area contributed by atoms with E-state index in [0.29, 0.717) is 25.3 Å². The molecule has 2 aromatic rings. The number of rotatable bonds is 5. The molecule has 1 unspecified atom stereocenters. The minimum Gasteiger partial charge on any atom is -0.497 e. The van der Waals surface area contributed by atoms with Crippen molar-refractivity contribution in [3.63, 3.8) is 0 Å². The number of aryl methyl sites for hydroxylation is 1. The van der Waals surface area contributed by atoms with Crippen LogP contribution < -0.4 is 10.1 Å². The minimum absolute atomic E-state index is 0.0580. The second-order valence-corrected chi connectivity index (χ2v) is 11.7. The lowest BCUT2D eigenvalue weighted by atomic mass is 9.83. The van der Waals surface area contributed by atoms with Gasteiger partial charge in [-0.3, -0.25) is 9.59 Å². The highest BCUT2D eigenvalue weighted by molar-refractivity contribution is 5.99. The Morgan fingerprint density at radius 2 is 1.76 bits per heavy atom. The van der Waals surface area contributed by atoms with E-state index in [1.54, 1.807) is 7.11 Å². The van der Waals surface area contributed by atoms with E-state index in [9.17, 15) is 14.4 Å². The van der Waals surface area contributed by atoms with Crippen LogP contribution >= 0.6 is 0 Å². The van der Waals surface area contributed by atoms with Gasteiger partial charge in [-0.05, 0) is 64.7 Å². The summed E-state index contributed by atoms with van der Waals surface area (Å²) in [6.45, 7) is 8.69. The molecule has 3 amide bonds. The number of alkyl carbamates (subject to hydrolysis) is 1. The summed E-state index contributed by atoms with van der Waals surface area (Å²) in [5.41, 5.74) is 0.890. The zero-order valence-corrected chi connectivity index (χ0v) is 23.6. The number of aromatic nitrogens is 1. The Morgan fingerprint density at radius 3 is 2.39 bits per heavy atom. The van der Waals surface area contributed by atoms with Crippen LogP contribution in [0.2, 0.25) is 0 Å². The van der Waals surface area contributed by atoms with Gasteiger partial charge in [0.15, 0.2) is 0 Å². The highest BCUT2D eigenvalue weighted by Crippen LogP contribution is 2.29. The minimum atomic E-state index is -0.642. The maximum Gasteiger partial charge on any atom is 0.408 e. The number of carbonyl (C=O) groups is 3. The standard InChI is InChI=1S/C29H42N4O5/c1-19-18-32(26(34)24-16-21-12-13-22(37-6)17-23(21)31(24)5)14-15-33(19)27(35)25(20-10-8-7-9-11-20)30-28(36)38-29(2,3)4/h12-13,16-17,19-20,25H,7-11,14-15,18H2,1-6H3,(H,30,36)/t19-,25?/m1/s1. The largest absolute Gasteiger partial charge is 0.497 e. The summed E-state index contributed by atoms with van der Waals surface area (Å²) in [6, 6.07) is 6.87. The van der Waals surface area contributed by atoms with E-state index >= 15 is 0 Å². The summed E-state index contributed by atoms with van der Waals surface area (Å²) in [5.74, 6) is 0.686. The van der Waals surface area contributed by atoms with E-state index in [0.717, 1.165) is 48.8 Å². The molecular formula is C29H42N4O5. The van der Waals surface area contributed by atoms with E-state index in [4.69, 9.17) is 9.47 Å². The summed E-state index contributed by atoms with van der Waals surface area (Å²) >= 11 is 0. The van der Waals surface area contributed by atoms with E-state index in [-0.39, 0.29) is 23.8 Å². The number of hydrogen-bond acceptors (Lipinski definition) is 5. The van der Waals surface area contributed by atoms with Crippen LogP contribution in [0.5, 0.6) is 5.75 Å². The zero-order valence-electron chi connectivity index (χ0n) is 23.6. The first-order chi connectivity index (χ1) is 18.0.